The molecule has 1 aromatic rings. The third-order valence-electron chi connectivity index (χ3n) is 3.50. The molecule has 7 heteroatoms. The first-order chi connectivity index (χ1) is 10.0. The summed E-state index contributed by atoms with van der Waals surface area (Å²) in [6, 6.07) is 3.94. The van der Waals surface area contributed by atoms with Gasteiger partial charge in [0.15, 0.2) is 5.96 Å². The van der Waals surface area contributed by atoms with E-state index in [0.717, 1.165) is 25.0 Å². The van der Waals surface area contributed by atoms with Crippen LogP contribution < -0.4 is 10.2 Å². The van der Waals surface area contributed by atoms with Crippen LogP contribution in [-0.2, 0) is 0 Å². The Bertz CT molecular complexity index is 522. The van der Waals surface area contributed by atoms with Gasteiger partial charge in [-0.25, -0.2) is 8.78 Å². The predicted molar refractivity (Wildman–Crippen MR) is 97.2 cm³/mol. The van der Waals surface area contributed by atoms with Crippen molar-refractivity contribution in [2.45, 2.75) is 19.4 Å². The van der Waals surface area contributed by atoms with Crippen molar-refractivity contribution in [3.8, 4) is 0 Å². The molecule has 2 rings (SSSR count). The van der Waals surface area contributed by atoms with E-state index in [1.165, 1.54) is 12.1 Å². The van der Waals surface area contributed by atoms with Crippen LogP contribution in [0.1, 0.15) is 13.3 Å². The Kier molecular flexibility index (Phi) is 7.31. The second-order valence-electron chi connectivity index (χ2n) is 5.36. The van der Waals surface area contributed by atoms with Gasteiger partial charge in [0, 0.05) is 45.8 Å². The van der Waals surface area contributed by atoms with Crippen LogP contribution in [0.25, 0.3) is 0 Å². The van der Waals surface area contributed by atoms with Gasteiger partial charge in [-0.15, -0.1) is 24.0 Å². The molecule has 1 aromatic carbocycles. The molecule has 22 heavy (non-hydrogen) atoms. The summed E-state index contributed by atoms with van der Waals surface area (Å²) in [5.41, 5.74) is 0.458. The van der Waals surface area contributed by atoms with Crippen LogP contribution in [0, 0.1) is 11.6 Å². The summed E-state index contributed by atoms with van der Waals surface area (Å²) in [5, 5.41) is 3.38. The Hall–Kier alpha value is -1.12. The molecule has 0 spiro atoms. The third-order valence-corrected chi connectivity index (χ3v) is 3.50. The van der Waals surface area contributed by atoms with Crippen LogP contribution in [0.2, 0.25) is 0 Å². The van der Waals surface area contributed by atoms with E-state index in [2.05, 4.69) is 10.3 Å². The molecule has 0 radical (unpaired) electrons. The first-order valence-electron chi connectivity index (χ1n) is 7.19. The normalized spacial score (nSPS) is 18.1. The molecular weight excluding hydrogens is 401 g/mol. The number of guanidine groups is 1. The molecule has 1 atom stereocenters. The van der Waals surface area contributed by atoms with Crippen LogP contribution in [0.15, 0.2) is 23.2 Å². The molecule has 1 saturated heterocycles. The van der Waals surface area contributed by atoms with Gasteiger partial charge in [0.05, 0.1) is 5.69 Å². The zero-order valence-electron chi connectivity index (χ0n) is 13.1. The fraction of sp³-hybridized carbons (Fsp3) is 0.533. The average molecular weight is 424 g/mol. The number of nitrogens with zero attached hydrogens (tertiary/aromatic N) is 3. The molecule has 4 nitrogen and oxygen atoms in total. The number of halogens is 3. The summed E-state index contributed by atoms with van der Waals surface area (Å²) in [6.45, 7) is 4.12. The maximum absolute atomic E-state index is 13.8. The van der Waals surface area contributed by atoms with Crippen LogP contribution in [0.5, 0.6) is 0 Å². The maximum atomic E-state index is 13.8. The highest BCUT2D eigenvalue weighted by Crippen LogP contribution is 2.24. The van der Waals surface area contributed by atoms with Crippen molar-refractivity contribution in [1.82, 2.24) is 10.2 Å². The van der Waals surface area contributed by atoms with Crippen molar-refractivity contribution >= 4 is 35.6 Å². The van der Waals surface area contributed by atoms with Crippen LogP contribution in [-0.4, -0.2) is 50.6 Å². The van der Waals surface area contributed by atoms with Gasteiger partial charge in [-0.1, -0.05) is 0 Å². The van der Waals surface area contributed by atoms with Crippen molar-refractivity contribution in [2.24, 2.45) is 4.99 Å². The van der Waals surface area contributed by atoms with E-state index >= 15 is 0 Å². The highest BCUT2D eigenvalue weighted by Gasteiger charge is 2.25. The van der Waals surface area contributed by atoms with E-state index < -0.39 is 11.6 Å². The quantitative estimate of drug-likeness (QED) is 0.460. The molecule has 1 fully saturated rings. The monoisotopic (exact) mass is 424 g/mol. The summed E-state index contributed by atoms with van der Waals surface area (Å²) in [4.78, 5) is 8.27. The molecule has 0 aliphatic carbocycles. The van der Waals surface area contributed by atoms with Crippen LogP contribution in [0.3, 0.4) is 0 Å². The van der Waals surface area contributed by atoms with Gasteiger partial charge in [0.1, 0.15) is 11.6 Å². The van der Waals surface area contributed by atoms with Gasteiger partial charge in [-0.3, -0.25) is 4.99 Å². The van der Waals surface area contributed by atoms with E-state index in [-0.39, 0.29) is 30.0 Å². The van der Waals surface area contributed by atoms with Crippen molar-refractivity contribution in [2.75, 3.05) is 38.6 Å². The fourth-order valence-electron chi connectivity index (χ4n) is 2.48. The molecule has 0 amide bonds. The first kappa shape index (κ1) is 18.9. The second kappa shape index (κ2) is 8.50. The smallest absolute Gasteiger partial charge is 0.193 e. The van der Waals surface area contributed by atoms with Gasteiger partial charge >= 0.3 is 0 Å². The summed E-state index contributed by atoms with van der Waals surface area (Å²) < 4.78 is 26.8. The van der Waals surface area contributed by atoms with E-state index in [4.69, 9.17) is 0 Å². The fourth-order valence-corrected chi connectivity index (χ4v) is 2.48. The van der Waals surface area contributed by atoms with Gasteiger partial charge in [0.2, 0.25) is 0 Å². The lowest BCUT2D eigenvalue weighted by Gasteiger charge is -2.23. The minimum Gasteiger partial charge on any atom is -0.367 e. The van der Waals surface area contributed by atoms with Crippen molar-refractivity contribution in [1.29, 1.82) is 0 Å². The molecule has 124 valence electrons. The Balaban J connectivity index is 0.00000242. The molecule has 0 saturated carbocycles. The Morgan fingerprint density at radius 2 is 2.14 bits per heavy atom. The molecule has 1 heterocycles. The van der Waals surface area contributed by atoms with Gasteiger partial charge in [0.25, 0.3) is 0 Å². The van der Waals surface area contributed by atoms with E-state index in [1.54, 1.807) is 0 Å². The average Bonchev–Trinajstić information content (AvgIpc) is 2.86. The number of nitrogens with one attached hydrogen (secondary N) is 1. The Labute approximate surface area is 147 Å². The molecular formula is C15H23F2IN4. The Morgan fingerprint density at radius 1 is 1.41 bits per heavy atom. The number of benzene rings is 1. The summed E-state index contributed by atoms with van der Waals surface area (Å²) in [5.74, 6) is -0.218. The molecule has 1 N–H and O–H groups in total. The largest absolute Gasteiger partial charge is 0.367 e. The number of anilines is 1. The second-order valence-corrected chi connectivity index (χ2v) is 5.36. The summed E-state index contributed by atoms with van der Waals surface area (Å²) >= 11 is 0. The zero-order chi connectivity index (χ0) is 15.4. The number of aliphatic imine (C=N–C) groups is 1. The number of hydrogen-bond donors (Lipinski definition) is 1. The number of rotatable bonds is 3. The zero-order valence-corrected chi connectivity index (χ0v) is 15.5. The van der Waals surface area contributed by atoms with E-state index in [1.807, 2.05) is 30.8 Å². The SMILES string of the molecule is CCN=C(NC1CCN(c2ccc(F)cc2F)C1)N(C)C.I. The van der Waals surface area contributed by atoms with Crippen molar-refractivity contribution < 1.29 is 8.78 Å². The highest BCUT2D eigenvalue weighted by atomic mass is 127. The predicted octanol–water partition coefficient (Wildman–Crippen LogP) is 2.69. The van der Waals surface area contributed by atoms with Crippen LogP contribution >= 0.6 is 24.0 Å². The minimum absolute atomic E-state index is 0. The Morgan fingerprint density at radius 3 is 2.73 bits per heavy atom. The van der Waals surface area contributed by atoms with E-state index in [9.17, 15) is 8.78 Å². The topological polar surface area (TPSA) is 30.9 Å². The van der Waals surface area contributed by atoms with Gasteiger partial charge < -0.3 is 15.1 Å². The van der Waals surface area contributed by atoms with E-state index in [0.29, 0.717) is 18.8 Å². The lowest BCUT2D eigenvalue weighted by molar-refractivity contribution is 0.546. The lowest BCUT2D eigenvalue weighted by atomic mass is 10.2. The third kappa shape index (κ3) is 4.69. The maximum Gasteiger partial charge on any atom is 0.193 e. The molecule has 0 aromatic heterocycles. The van der Waals surface area contributed by atoms with Gasteiger partial charge in [-0.05, 0) is 25.5 Å². The molecule has 0 bridgehead atoms. The van der Waals surface area contributed by atoms with Crippen LogP contribution in [0.4, 0.5) is 14.5 Å². The standard InChI is InChI=1S/C15H22F2N4.HI/c1-4-18-15(20(2)3)19-12-7-8-21(10-12)14-6-5-11(16)9-13(14)17;/h5-6,9,12H,4,7-8,10H2,1-3H3,(H,18,19);1H. The highest BCUT2D eigenvalue weighted by molar-refractivity contribution is 14.0. The van der Waals surface area contributed by atoms with Crippen molar-refractivity contribution in [3.05, 3.63) is 29.8 Å². The number of hydrogen-bond acceptors (Lipinski definition) is 2. The van der Waals surface area contributed by atoms with Gasteiger partial charge in [-0.2, -0.15) is 0 Å². The van der Waals surface area contributed by atoms with Crippen molar-refractivity contribution in [3.63, 3.8) is 0 Å². The lowest BCUT2D eigenvalue weighted by Crippen LogP contribution is -2.44. The molecule has 1 aliphatic rings. The minimum atomic E-state index is -0.546. The summed E-state index contributed by atoms with van der Waals surface area (Å²) in [6.07, 6.45) is 0.896. The first-order valence-corrected chi connectivity index (χ1v) is 7.19. The summed E-state index contributed by atoms with van der Waals surface area (Å²) in [7, 11) is 3.88. The molecule has 1 unspecified atom stereocenters. The molecule has 1 aliphatic heterocycles.